The molecule has 5 aromatic heterocycles. The molecule has 238 valence electrons. The largest absolute Gasteiger partial charge is 0.276 e. The maximum Gasteiger partial charge on any atom is 0.240 e. The Balaban J connectivity index is 1.35. The first kappa shape index (κ1) is 28.5. The summed E-state index contributed by atoms with van der Waals surface area (Å²) in [6.45, 7) is 0. The van der Waals surface area contributed by atoms with E-state index in [-0.39, 0.29) is 0 Å². The van der Waals surface area contributed by atoms with Gasteiger partial charge in [0.1, 0.15) is 0 Å². The molecule has 5 heterocycles. The average Bonchev–Trinajstić information content (AvgIpc) is 3.71. The van der Waals surface area contributed by atoms with Crippen LogP contribution >= 0.6 is 0 Å². The van der Waals surface area contributed by atoms with Gasteiger partial charge in [0.05, 0.1) is 34.5 Å². The van der Waals surface area contributed by atoms with Crippen molar-refractivity contribution in [3.8, 4) is 23.3 Å². The van der Waals surface area contributed by atoms with Crippen molar-refractivity contribution in [2.45, 2.75) is 25.7 Å². The van der Waals surface area contributed by atoms with Gasteiger partial charge < -0.3 is 0 Å². The maximum absolute atomic E-state index is 5.42. The van der Waals surface area contributed by atoms with E-state index in [0.717, 1.165) is 86.0 Å². The third-order valence-corrected chi connectivity index (χ3v) is 9.97. The summed E-state index contributed by atoms with van der Waals surface area (Å²) in [5, 5.41) is 4.43. The highest BCUT2D eigenvalue weighted by atomic mass is 15.3. The predicted molar refractivity (Wildman–Crippen MR) is 202 cm³/mol. The molecule has 0 amide bonds. The number of hydrogen-bond donors (Lipinski definition) is 0. The van der Waals surface area contributed by atoms with Crippen LogP contribution < -0.4 is 0 Å². The predicted octanol–water partition coefficient (Wildman–Crippen LogP) is 9.99. The van der Waals surface area contributed by atoms with Crippen LogP contribution in [0, 0.1) is 0 Å². The normalized spacial score (nSPS) is 14.6. The van der Waals surface area contributed by atoms with Crippen molar-refractivity contribution in [2.24, 2.45) is 0 Å². The molecule has 8 aromatic rings. The fraction of sp³-hybridized carbons (Fsp3) is 0.0930. The van der Waals surface area contributed by atoms with Gasteiger partial charge in [-0.3, -0.25) is 19.1 Å². The molecule has 0 bridgehead atoms. The number of aromatic nitrogens is 7. The number of benzene rings is 3. The number of hydrogen-bond acceptors (Lipinski definition) is 5. The monoisotopic (exact) mass is 645 g/mol. The third-order valence-electron chi connectivity index (χ3n) is 9.97. The standard InChI is InChI=1S/C43H31N7/c1-3-12-28(13-4-1)30-18-11-19-31(29-14-5-2-6-15-29)40(30)41-46-42(49-36-20-9-7-16-32(36)34-22-24-44-26-38(34)49)48-43(47-41)50-37-21-10-8-17-33(37)35-23-25-45-27-39(35)50/h1-3,5,7-12,14,16-27H,4,6,13,15H2. The number of rotatable bonds is 5. The summed E-state index contributed by atoms with van der Waals surface area (Å²) in [6.07, 6.45) is 24.7. The Morgan fingerprint density at radius 2 is 0.980 bits per heavy atom. The van der Waals surface area contributed by atoms with Gasteiger partial charge in [-0.05, 0) is 72.2 Å². The molecule has 10 rings (SSSR count). The lowest BCUT2D eigenvalue weighted by molar-refractivity contribution is 0.890. The minimum Gasteiger partial charge on any atom is -0.276 e. The second-order valence-corrected chi connectivity index (χ2v) is 12.8. The molecule has 0 radical (unpaired) electrons. The van der Waals surface area contributed by atoms with E-state index < -0.39 is 0 Å². The van der Waals surface area contributed by atoms with Gasteiger partial charge in [-0.25, -0.2) is 0 Å². The quantitative estimate of drug-likeness (QED) is 0.186. The second-order valence-electron chi connectivity index (χ2n) is 12.8. The Hall–Kier alpha value is -6.47. The van der Waals surface area contributed by atoms with E-state index >= 15 is 0 Å². The van der Waals surface area contributed by atoms with E-state index in [1.807, 2.05) is 24.8 Å². The molecule has 0 N–H and O–H groups in total. The Morgan fingerprint density at radius 3 is 1.48 bits per heavy atom. The zero-order valence-corrected chi connectivity index (χ0v) is 27.2. The lowest BCUT2D eigenvalue weighted by Gasteiger charge is -2.21. The summed E-state index contributed by atoms with van der Waals surface area (Å²) < 4.78 is 4.26. The van der Waals surface area contributed by atoms with Gasteiger partial charge in [0, 0.05) is 39.5 Å². The van der Waals surface area contributed by atoms with E-state index in [9.17, 15) is 0 Å². The van der Waals surface area contributed by atoms with Gasteiger partial charge in [0.15, 0.2) is 5.82 Å². The summed E-state index contributed by atoms with van der Waals surface area (Å²) in [6, 6.07) is 27.6. The molecule has 7 nitrogen and oxygen atoms in total. The van der Waals surface area contributed by atoms with E-state index in [2.05, 4.69) is 134 Å². The van der Waals surface area contributed by atoms with Crippen molar-refractivity contribution in [1.29, 1.82) is 0 Å². The molecule has 0 saturated heterocycles. The molecule has 0 fully saturated rings. The molecule has 3 aromatic carbocycles. The fourth-order valence-electron chi connectivity index (χ4n) is 7.72. The molecule has 0 atom stereocenters. The molecular formula is C43H31N7. The molecule has 0 saturated carbocycles. The summed E-state index contributed by atoms with van der Waals surface area (Å²) in [4.78, 5) is 25.3. The van der Waals surface area contributed by atoms with Crippen molar-refractivity contribution >= 4 is 54.8 Å². The smallest absolute Gasteiger partial charge is 0.240 e. The van der Waals surface area contributed by atoms with Crippen LogP contribution in [0.3, 0.4) is 0 Å². The van der Waals surface area contributed by atoms with Crippen LogP contribution in [0.4, 0.5) is 0 Å². The highest BCUT2D eigenvalue weighted by Crippen LogP contribution is 2.40. The summed E-state index contributed by atoms with van der Waals surface area (Å²) >= 11 is 0. The van der Waals surface area contributed by atoms with E-state index in [1.54, 1.807) is 0 Å². The summed E-state index contributed by atoms with van der Waals surface area (Å²) in [5.41, 5.74) is 9.79. The van der Waals surface area contributed by atoms with Gasteiger partial charge in [-0.15, -0.1) is 0 Å². The number of pyridine rings is 2. The third kappa shape index (κ3) is 4.47. The van der Waals surface area contributed by atoms with E-state index in [4.69, 9.17) is 15.0 Å². The first-order valence-corrected chi connectivity index (χ1v) is 17.1. The first-order valence-electron chi connectivity index (χ1n) is 17.1. The minimum absolute atomic E-state index is 0.537. The van der Waals surface area contributed by atoms with E-state index in [1.165, 1.54) is 11.1 Å². The Bertz CT molecular complexity index is 2490. The van der Waals surface area contributed by atoms with Crippen molar-refractivity contribution in [1.82, 2.24) is 34.1 Å². The van der Waals surface area contributed by atoms with Gasteiger partial charge in [-0.2, -0.15) is 15.0 Å². The van der Waals surface area contributed by atoms with Crippen LogP contribution in [-0.4, -0.2) is 34.1 Å². The van der Waals surface area contributed by atoms with Gasteiger partial charge in [-0.1, -0.05) is 91.1 Å². The minimum atomic E-state index is 0.537. The number of allylic oxidation sites excluding steroid dienone is 8. The molecule has 0 spiro atoms. The number of para-hydroxylation sites is 2. The molecular weight excluding hydrogens is 615 g/mol. The van der Waals surface area contributed by atoms with Crippen LogP contribution in [0.15, 0.2) is 140 Å². The van der Waals surface area contributed by atoms with E-state index in [0.29, 0.717) is 17.7 Å². The highest BCUT2D eigenvalue weighted by Gasteiger charge is 2.24. The maximum atomic E-state index is 5.42. The Kier molecular flexibility index (Phi) is 6.62. The summed E-state index contributed by atoms with van der Waals surface area (Å²) in [5.74, 6) is 1.70. The van der Waals surface area contributed by atoms with Crippen LogP contribution in [0.25, 0.3) is 78.0 Å². The lowest BCUT2D eigenvalue weighted by Crippen LogP contribution is -2.12. The van der Waals surface area contributed by atoms with Crippen LogP contribution in [0.5, 0.6) is 0 Å². The lowest BCUT2D eigenvalue weighted by atomic mass is 9.86. The highest BCUT2D eigenvalue weighted by molar-refractivity contribution is 6.10. The van der Waals surface area contributed by atoms with Crippen LogP contribution in [0.1, 0.15) is 36.8 Å². The topological polar surface area (TPSA) is 74.3 Å². The molecule has 2 aliphatic carbocycles. The SMILES string of the molecule is C1=CCCC(c2cccc(C3=CC=CCC3)c2-c2nc(-n3c4ccccc4c4ccncc43)nc(-n3c4ccccc4c4ccncc43)n2)=C1. The van der Waals surface area contributed by atoms with Gasteiger partial charge in [0.25, 0.3) is 0 Å². The van der Waals surface area contributed by atoms with Gasteiger partial charge in [0.2, 0.25) is 11.9 Å². The average molecular weight is 646 g/mol. The van der Waals surface area contributed by atoms with Gasteiger partial charge >= 0.3 is 0 Å². The van der Waals surface area contributed by atoms with Crippen LogP contribution in [0.2, 0.25) is 0 Å². The molecule has 0 aliphatic heterocycles. The Labute approximate surface area is 288 Å². The van der Waals surface area contributed by atoms with Crippen molar-refractivity contribution in [2.75, 3.05) is 0 Å². The zero-order chi connectivity index (χ0) is 33.0. The molecule has 0 unspecified atom stereocenters. The molecule has 50 heavy (non-hydrogen) atoms. The molecule has 7 heteroatoms. The van der Waals surface area contributed by atoms with Crippen LogP contribution in [-0.2, 0) is 0 Å². The summed E-state index contributed by atoms with van der Waals surface area (Å²) in [7, 11) is 0. The van der Waals surface area contributed by atoms with Crippen molar-refractivity contribution in [3.05, 3.63) is 151 Å². The molecule has 2 aliphatic rings. The van der Waals surface area contributed by atoms with Crippen molar-refractivity contribution < 1.29 is 0 Å². The number of fused-ring (bicyclic) bond motifs is 6. The number of nitrogens with zero attached hydrogens (tertiary/aromatic N) is 7. The zero-order valence-electron chi connectivity index (χ0n) is 27.2. The Morgan fingerprint density at radius 1 is 0.480 bits per heavy atom. The first-order chi connectivity index (χ1) is 24.8. The second kappa shape index (κ2) is 11.6. The van der Waals surface area contributed by atoms with Crippen molar-refractivity contribution in [3.63, 3.8) is 0 Å². The fourth-order valence-corrected chi connectivity index (χ4v) is 7.72.